The molecule has 5 heteroatoms. The smallest absolute Gasteiger partial charge is 0.260 e. The van der Waals surface area contributed by atoms with E-state index in [4.69, 9.17) is 4.52 Å². The van der Waals surface area contributed by atoms with Crippen molar-refractivity contribution in [3.63, 3.8) is 0 Å². The Labute approximate surface area is 110 Å². The van der Waals surface area contributed by atoms with Crippen LogP contribution in [0.25, 0.3) is 0 Å². The molecule has 0 saturated heterocycles. The summed E-state index contributed by atoms with van der Waals surface area (Å²) in [7, 11) is -3.37. The first-order chi connectivity index (χ1) is 8.04. The summed E-state index contributed by atoms with van der Waals surface area (Å²) in [6, 6.07) is 8.83. The molecule has 0 radical (unpaired) electrons. The summed E-state index contributed by atoms with van der Waals surface area (Å²) in [6.07, 6.45) is 0. The average Bonchev–Trinajstić information content (AvgIpc) is 2.38. The Hall–Kier alpha value is -0.410. The van der Waals surface area contributed by atoms with Gasteiger partial charge in [0.15, 0.2) is 5.34 Å². The summed E-state index contributed by atoms with van der Waals surface area (Å²) in [6.45, 7) is 5.51. The first-order valence-corrected chi connectivity index (χ1v) is 8.07. The molecule has 94 valence electrons. The average molecular weight is 319 g/mol. The van der Waals surface area contributed by atoms with E-state index in [-0.39, 0.29) is 11.9 Å². The van der Waals surface area contributed by atoms with E-state index in [1.54, 1.807) is 31.2 Å². The molecule has 0 aliphatic rings. The van der Waals surface area contributed by atoms with Crippen molar-refractivity contribution >= 4 is 23.3 Å². The lowest BCUT2D eigenvalue weighted by atomic mass is 10.1. The van der Waals surface area contributed by atoms with Gasteiger partial charge in [-0.25, -0.2) is 0 Å². The third-order valence-corrected chi connectivity index (χ3v) is 6.31. The van der Waals surface area contributed by atoms with Crippen LogP contribution < -0.4 is 0 Å². The number of halogens is 1. The van der Waals surface area contributed by atoms with Crippen molar-refractivity contribution in [3.05, 3.63) is 48.3 Å². The molecule has 1 N–H and O–H groups in total. The van der Waals surface area contributed by atoms with Crippen LogP contribution in [-0.4, -0.2) is 17.0 Å². The minimum Gasteiger partial charge on any atom is -0.374 e. The van der Waals surface area contributed by atoms with Crippen LogP contribution in [-0.2, 0) is 14.4 Å². The van der Waals surface area contributed by atoms with Crippen LogP contribution in [0.15, 0.2) is 42.7 Å². The Kier molecular flexibility index (Phi) is 5.14. The summed E-state index contributed by atoms with van der Waals surface area (Å²) in [5.41, 5.74) is 0.550. The molecule has 1 aromatic carbocycles. The second kappa shape index (κ2) is 5.96. The molecule has 0 fully saturated rings. The van der Waals surface area contributed by atoms with Crippen LogP contribution in [0.3, 0.4) is 0 Å². The molecule has 0 aliphatic carbocycles. The van der Waals surface area contributed by atoms with Crippen molar-refractivity contribution in [2.45, 2.75) is 12.3 Å². The molecule has 0 spiro atoms. The van der Waals surface area contributed by atoms with Gasteiger partial charge in [-0.3, -0.25) is 4.57 Å². The highest BCUT2D eigenvalue weighted by molar-refractivity contribution is 9.09. The predicted octanol–water partition coefficient (Wildman–Crippen LogP) is 3.68. The van der Waals surface area contributed by atoms with E-state index in [9.17, 15) is 9.67 Å². The van der Waals surface area contributed by atoms with E-state index in [0.717, 1.165) is 0 Å². The van der Waals surface area contributed by atoms with Crippen LogP contribution in [0.2, 0.25) is 0 Å². The third-order valence-electron chi connectivity index (χ3n) is 2.50. The molecule has 0 saturated carbocycles. The van der Waals surface area contributed by atoms with Crippen LogP contribution in [0.5, 0.6) is 0 Å². The lowest BCUT2D eigenvalue weighted by Gasteiger charge is -2.32. The molecule has 0 unspecified atom stereocenters. The largest absolute Gasteiger partial charge is 0.374 e. The van der Waals surface area contributed by atoms with Crippen molar-refractivity contribution in [1.82, 2.24) is 0 Å². The summed E-state index contributed by atoms with van der Waals surface area (Å²) in [5, 5.41) is 9.18. The molecule has 2 atom stereocenters. The Morgan fingerprint density at radius 3 is 2.53 bits per heavy atom. The molecule has 0 bridgehead atoms. The van der Waals surface area contributed by atoms with Crippen molar-refractivity contribution in [2.75, 3.05) is 11.9 Å². The fourth-order valence-electron chi connectivity index (χ4n) is 1.55. The Bertz CT molecular complexity index is 421. The number of hydrogen-bond donors (Lipinski definition) is 1. The maximum atomic E-state index is 12.6. The first-order valence-electron chi connectivity index (χ1n) is 5.26. The number of hydrogen-bond acceptors (Lipinski definition) is 3. The minimum absolute atomic E-state index is 0.118. The van der Waals surface area contributed by atoms with Crippen LogP contribution in [0, 0.1) is 0 Å². The highest BCUT2D eigenvalue weighted by atomic mass is 79.9. The van der Waals surface area contributed by atoms with Gasteiger partial charge in [-0.2, -0.15) is 0 Å². The third kappa shape index (κ3) is 2.71. The first kappa shape index (κ1) is 14.7. The summed E-state index contributed by atoms with van der Waals surface area (Å²) in [5.74, 6) is 1.21. The molecular formula is C12H16BrO3P. The van der Waals surface area contributed by atoms with Gasteiger partial charge in [0.1, 0.15) is 0 Å². The highest BCUT2D eigenvalue weighted by Crippen LogP contribution is 2.64. The van der Waals surface area contributed by atoms with E-state index >= 15 is 0 Å². The van der Waals surface area contributed by atoms with E-state index in [2.05, 4.69) is 22.5 Å². The minimum atomic E-state index is -3.37. The highest BCUT2D eigenvalue weighted by Gasteiger charge is 2.46. The Balaban J connectivity index is 3.29. The van der Waals surface area contributed by atoms with Gasteiger partial charge in [0, 0.05) is 5.33 Å². The normalized spacial score (nSPS) is 18.1. The molecule has 3 nitrogen and oxygen atoms in total. The number of benzene rings is 1. The molecule has 1 rings (SSSR count). The van der Waals surface area contributed by atoms with Crippen LogP contribution in [0.1, 0.15) is 12.5 Å². The van der Waals surface area contributed by atoms with Gasteiger partial charge in [-0.05, 0) is 18.3 Å². The SMILES string of the molecule is C=C[P@@](=O)(OCC)[C@@](O)(CBr)c1ccccc1. The monoisotopic (exact) mass is 318 g/mol. The maximum Gasteiger partial charge on any atom is 0.260 e. The summed E-state index contributed by atoms with van der Waals surface area (Å²) >= 11 is 3.21. The number of aliphatic hydroxyl groups is 1. The van der Waals surface area contributed by atoms with Gasteiger partial charge in [-0.1, -0.05) is 52.8 Å². The molecule has 0 heterocycles. The van der Waals surface area contributed by atoms with Gasteiger partial charge >= 0.3 is 0 Å². The van der Waals surface area contributed by atoms with Crippen molar-refractivity contribution in [2.24, 2.45) is 0 Å². The zero-order chi connectivity index (χ0) is 12.9. The Morgan fingerprint density at radius 1 is 1.53 bits per heavy atom. The van der Waals surface area contributed by atoms with Gasteiger partial charge < -0.3 is 9.63 Å². The molecule has 1 aromatic rings. The Morgan fingerprint density at radius 2 is 2.12 bits per heavy atom. The molecule has 17 heavy (non-hydrogen) atoms. The van der Waals surface area contributed by atoms with Crippen molar-refractivity contribution < 1.29 is 14.2 Å². The van der Waals surface area contributed by atoms with E-state index < -0.39 is 12.7 Å². The second-order valence-electron chi connectivity index (χ2n) is 3.51. The van der Waals surface area contributed by atoms with Crippen LogP contribution >= 0.6 is 23.3 Å². The lowest BCUT2D eigenvalue weighted by Crippen LogP contribution is -2.28. The standard InChI is InChI=1S/C12H16BrO3P/c1-3-16-17(15,4-2)12(14,10-13)11-8-6-5-7-9-11/h4-9,14H,2-3,10H2,1H3/t12-,17+/m0/s1. The maximum absolute atomic E-state index is 12.6. The van der Waals surface area contributed by atoms with Gasteiger partial charge in [-0.15, -0.1) is 0 Å². The van der Waals surface area contributed by atoms with E-state index in [1.807, 2.05) is 6.07 Å². The quantitative estimate of drug-likeness (QED) is 0.643. The van der Waals surface area contributed by atoms with Crippen molar-refractivity contribution in [1.29, 1.82) is 0 Å². The topological polar surface area (TPSA) is 46.5 Å². The molecule has 0 aromatic heterocycles. The van der Waals surface area contributed by atoms with Crippen LogP contribution in [0.4, 0.5) is 0 Å². The lowest BCUT2D eigenvalue weighted by molar-refractivity contribution is 0.127. The molecule has 0 aliphatic heterocycles. The summed E-state index contributed by atoms with van der Waals surface area (Å²) < 4.78 is 17.9. The number of alkyl halides is 1. The van der Waals surface area contributed by atoms with Gasteiger partial charge in [0.05, 0.1) is 6.61 Å². The van der Waals surface area contributed by atoms with Gasteiger partial charge in [0.2, 0.25) is 0 Å². The predicted molar refractivity (Wildman–Crippen MR) is 73.6 cm³/mol. The number of rotatable bonds is 6. The van der Waals surface area contributed by atoms with Crippen molar-refractivity contribution in [3.8, 4) is 0 Å². The van der Waals surface area contributed by atoms with Gasteiger partial charge in [0.25, 0.3) is 7.37 Å². The van der Waals surface area contributed by atoms with E-state index in [0.29, 0.717) is 5.56 Å². The molecule has 0 amide bonds. The summed E-state index contributed by atoms with van der Waals surface area (Å²) in [4.78, 5) is 0. The second-order valence-corrected chi connectivity index (χ2v) is 6.63. The fourth-order valence-corrected chi connectivity index (χ4v) is 4.60. The zero-order valence-electron chi connectivity index (χ0n) is 9.67. The zero-order valence-corrected chi connectivity index (χ0v) is 12.2. The molecular weight excluding hydrogens is 303 g/mol. The van der Waals surface area contributed by atoms with E-state index in [1.165, 1.54) is 5.82 Å². The fraction of sp³-hybridized carbons (Fsp3) is 0.333.